The van der Waals surface area contributed by atoms with Crippen molar-refractivity contribution in [3.05, 3.63) is 64.2 Å². The van der Waals surface area contributed by atoms with E-state index in [4.69, 9.17) is 4.74 Å². The number of benzene rings is 1. The summed E-state index contributed by atoms with van der Waals surface area (Å²) in [6.07, 6.45) is -4.54. The van der Waals surface area contributed by atoms with Gasteiger partial charge in [0.25, 0.3) is 5.82 Å². The summed E-state index contributed by atoms with van der Waals surface area (Å²) in [6, 6.07) is 8.04. The van der Waals surface area contributed by atoms with E-state index in [0.29, 0.717) is 15.7 Å². The number of esters is 1. The van der Waals surface area contributed by atoms with Gasteiger partial charge >= 0.3 is 12.1 Å². The average molecular weight is 493 g/mol. The van der Waals surface area contributed by atoms with Crippen LogP contribution in [-0.2, 0) is 22.3 Å². The van der Waals surface area contributed by atoms with E-state index < -0.39 is 17.7 Å². The third-order valence-corrected chi connectivity index (χ3v) is 5.81. The summed E-state index contributed by atoms with van der Waals surface area (Å²) >= 11 is 2.47. The lowest BCUT2D eigenvalue weighted by Gasteiger charge is -2.09. The Morgan fingerprint density at radius 1 is 1.15 bits per heavy atom. The van der Waals surface area contributed by atoms with Gasteiger partial charge in [0.1, 0.15) is 6.61 Å². The van der Waals surface area contributed by atoms with E-state index in [0.717, 1.165) is 12.1 Å². The molecule has 4 rings (SSSR count). The van der Waals surface area contributed by atoms with E-state index in [2.05, 4.69) is 20.4 Å². The van der Waals surface area contributed by atoms with Crippen LogP contribution in [0.25, 0.3) is 16.4 Å². The van der Waals surface area contributed by atoms with Crippen LogP contribution in [0.2, 0.25) is 0 Å². The van der Waals surface area contributed by atoms with Crippen LogP contribution in [-0.4, -0.2) is 31.6 Å². The molecule has 33 heavy (non-hydrogen) atoms. The second kappa shape index (κ2) is 9.11. The standard InChI is InChI=1S/C20H14F3N5O3S2/c1-11(29)24-19-25-13(10-33-19)9-31-18(30)16-26-17(15-6-3-7-32-15)28(27-16)14-5-2-4-12(8-14)20(21,22)23/h2-8,10H,9H2,1H3,(H,24,25,29). The normalized spacial score (nSPS) is 11.4. The molecule has 8 nitrogen and oxygen atoms in total. The fourth-order valence-electron chi connectivity index (χ4n) is 2.74. The molecule has 0 aliphatic rings. The molecule has 170 valence electrons. The third-order valence-electron chi connectivity index (χ3n) is 4.14. The van der Waals surface area contributed by atoms with Crippen LogP contribution in [0, 0.1) is 0 Å². The summed E-state index contributed by atoms with van der Waals surface area (Å²) in [5, 5.41) is 10.4. The molecule has 3 heterocycles. The minimum atomic E-state index is -4.54. The lowest BCUT2D eigenvalue weighted by Crippen LogP contribution is -2.09. The lowest BCUT2D eigenvalue weighted by atomic mass is 10.2. The van der Waals surface area contributed by atoms with Crippen LogP contribution in [0.3, 0.4) is 0 Å². The summed E-state index contributed by atoms with van der Waals surface area (Å²) in [4.78, 5) is 32.6. The zero-order chi connectivity index (χ0) is 23.6. The quantitative estimate of drug-likeness (QED) is 0.388. The van der Waals surface area contributed by atoms with Crippen LogP contribution in [0.1, 0.15) is 28.8 Å². The molecule has 0 spiro atoms. The summed E-state index contributed by atoms with van der Waals surface area (Å²) in [5.74, 6) is -1.25. The van der Waals surface area contributed by atoms with Gasteiger partial charge in [0.05, 0.1) is 21.8 Å². The van der Waals surface area contributed by atoms with Crippen LogP contribution >= 0.6 is 22.7 Å². The van der Waals surface area contributed by atoms with Crippen LogP contribution in [0.4, 0.5) is 18.3 Å². The number of aromatic nitrogens is 4. The number of hydrogen-bond acceptors (Lipinski definition) is 8. The van der Waals surface area contributed by atoms with E-state index in [-0.39, 0.29) is 29.9 Å². The van der Waals surface area contributed by atoms with Crippen molar-refractivity contribution >= 4 is 39.7 Å². The van der Waals surface area contributed by atoms with Gasteiger partial charge in [0, 0.05) is 12.3 Å². The smallest absolute Gasteiger partial charge is 0.416 e. The maximum Gasteiger partial charge on any atom is 0.416 e. The average Bonchev–Trinajstić information content (AvgIpc) is 3.51. The van der Waals surface area contributed by atoms with E-state index in [1.807, 2.05) is 0 Å². The van der Waals surface area contributed by atoms with Crippen LogP contribution in [0.5, 0.6) is 0 Å². The van der Waals surface area contributed by atoms with Crippen molar-refractivity contribution in [3.63, 3.8) is 0 Å². The molecule has 4 aromatic rings. The molecule has 0 radical (unpaired) electrons. The number of alkyl halides is 3. The summed E-state index contributed by atoms with van der Waals surface area (Å²) in [7, 11) is 0. The maximum atomic E-state index is 13.2. The zero-order valence-corrected chi connectivity index (χ0v) is 18.4. The number of thiophene rings is 1. The Morgan fingerprint density at radius 2 is 1.97 bits per heavy atom. The Labute approximate surface area is 192 Å². The van der Waals surface area contributed by atoms with Crippen molar-refractivity contribution in [1.29, 1.82) is 0 Å². The second-order valence-electron chi connectivity index (χ2n) is 6.60. The Morgan fingerprint density at radius 3 is 2.67 bits per heavy atom. The highest BCUT2D eigenvalue weighted by Gasteiger charge is 2.31. The van der Waals surface area contributed by atoms with Gasteiger partial charge in [-0.3, -0.25) is 4.79 Å². The summed E-state index contributed by atoms with van der Waals surface area (Å²) in [6.45, 7) is 1.15. The number of carbonyl (C=O) groups is 2. The molecular weight excluding hydrogens is 479 g/mol. The summed E-state index contributed by atoms with van der Waals surface area (Å²) < 4.78 is 45.9. The molecule has 1 aromatic carbocycles. The topological polar surface area (TPSA) is 99.0 Å². The van der Waals surface area contributed by atoms with E-state index >= 15 is 0 Å². The van der Waals surface area contributed by atoms with Crippen molar-refractivity contribution in [3.8, 4) is 16.4 Å². The van der Waals surface area contributed by atoms with E-state index in [1.165, 1.54) is 46.4 Å². The first kappa shape index (κ1) is 22.6. The molecule has 0 fully saturated rings. The Hall–Kier alpha value is -3.58. The van der Waals surface area contributed by atoms with Crippen molar-refractivity contribution in [1.82, 2.24) is 19.7 Å². The van der Waals surface area contributed by atoms with Crippen molar-refractivity contribution in [2.45, 2.75) is 19.7 Å². The maximum absolute atomic E-state index is 13.2. The Bertz CT molecular complexity index is 1300. The molecular formula is C20H14F3N5O3S2. The molecule has 0 saturated heterocycles. The fourth-order valence-corrected chi connectivity index (χ4v) is 4.18. The second-order valence-corrected chi connectivity index (χ2v) is 8.40. The van der Waals surface area contributed by atoms with Crippen LogP contribution < -0.4 is 5.32 Å². The third kappa shape index (κ3) is 5.26. The predicted octanol–water partition coefficient (Wildman–Crippen LogP) is 4.79. The number of halogens is 3. The predicted molar refractivity (Wildman–Crippen MR) is 115 cm³/mol. The van der Waals surface area contributed by atoms with Crippen molar-refractivity contribution in [2.75, 3.05) is 5.32 Å². The first-order chi connectivity index (χ1) is 15.7. The van der Waals surface area contributed by atoms with Gasteiger partial charge in [-0.05, 0) is 29.6 Å². The minimum Gasteiger partial charge on any atom is -0.453 e. The highest BCUT2D eigenvalue weighted by Crippen LogP contribution is 2.32. The number of nitrogens with one attached hydrogen (secondary N) is 1. The first-order valence-electron chi connectivity index (χ1n) is 9.28. The molecule has 0 saturated carbocycles. The fraction of sp³-hybridized carbons (Fsp3) is 0.150. The van der Waals surface area contributed by atoms with Crippen molar-refractivity contribution < 1.29 is 27.5 Å². The van der Waals surface area contributed by atoms with Crippen LogP contribution in [0.15, 0.2) is 47.2 Å². The van der Waals surface area contributed by atoms with Gasteiger partial charge in [-0.25, -0.2) is 14.5 Å². The van der Waals surface area contributed by atoms with Gasteiger partial charge in [0.15, 0.2) is 11.0 Å². The molecule has 1 N–H and O–H groups in total. The Kier molecular flexibility index (Phi) is 6.24. The van der Waals surface area contributed by atoms with Gasteiger partial charge < -0.3 is 10.1 Å². The highest BCUT2D eigenvalue weighted by molar-refractivity contribution is 7.14. The van der Waals surface area contributed by atoms with Gasteiger partial charge in [-0.2, -0.15) is 18.2 Å². The molecule has 0 aliphatic heterocycles. The number of thiazole rings is 1. The lowest BCUT2D eigenvalue weighted by molar-refractivity contribution is -0.137. The zero-order valence-electron chi connectivity index (χ0n) is 16.8. The van der Waals surface area contributed by atoms with E-state index in [9.17, 15) is 22.8 Å². The number of carbonyl (C=O) groups excluding carboxylic acids is 2. The monoisotopic (exact) mass is 493 g/mol. The number of ether oxygens (including phenoxy) is 1. The number of amides is 1. The molecule has 0 aliphatic carbocycles. The van der Waals surface area contributed by atoms with Crippen molar-refractivity contribution in [2.24, 2.45) is 0 Å². The molecule has 1 amide bonds. The first-order valence-corrected chi connectivity index (χ1v) is 11.0. The molecule has 3 aromatic heterocycles. The Balaban J connectivity index is 1.60. The number of hydrogen-bond donors (Lipinski definition) is 1. The largest absolute Gasteiger partial charge is 0.453 e. The molecule has 0 atom stereocenters. The highest BCUT2D eigenvalue weighted by atomic mass is 32.1. The van der Waals surface area contributed by atoms with Gasteiger partial charge in [-0.15, -0.1) is 27.8 Å². The molecule has 0 unspecified atom stereocenters. The van der Waals surface area contributed by atoms with E-state index in [1.54, 1.807) is 22.9 Å². The molecule has 13 heteroatoms. The number of nitrogens with zero attached hydrogens (tertiary/aromatic N) is 4. The van der Waals surface area contributed by atoms with Gasteiger partial charge in [0.2, 0.25) is 5.91 Å². The number of anilines is 1. The molecule has 0 bridgehead atoms. The number of rotatable bonds is 6. The summed E-state index contributed by atoms with van der Waals surface area (Å²) in [5.41, 5.74) is -0.345. The minimum absolute atomic E-state index is 0.0965. The van der Waals surface area contributed by atoms with Gasteiger partial charge in [-0.1, -0.05) is 12.1 Å². The SMILES string of the molecule is CC(=O)Nc1nc(COC(=O)c2nc(-c3cccs3)n(-c3cccc(C(F)(F)F)c3)n2)cs1.